The van der Waals surface area contributed by atoms with E-state index in [2.05, 4.69) is 22.6 Å². The molecule has 1 atom stereocenters. The Bertz CT molecular complexity index is 605. The molecule has 7 heteroatoms. The summed E-state index contributed by atoms with van der Waals surface area (Å²) in [5, 5.41) is 19.6. The van der Waals surface area contributed by atoms with Crippen molar-refractivity contribution < 1.29 is 19.8 Å². The molecule has 1 aliphatic rings. The van der Waals surface area contributed by atoms with Crippen LogP contribution in [0.25, 0.3) is 0 Å². The number of hydrogen-bond donors (Lipinski definition) is 2. The number of benzene rings is 1. The van der Waals surface area contributed by atoms with Crippen LogP contribution in [0.15, 0.2) is 12.1 Å². The van der Waals surface area contributed by atoms with Gasteiger partial charge in [0.15, 0.2) is 0 Å². The van der Waals surface area contributed by atoms with Crippen molar-refractivity contribution in [3.63, 3.8) is 0 Å². The highest BCUT2D eigenvalue weighted by Gasteiger charge is 2.44. The van der Waals surface area contributed by atoms with Crippen LogP contribution in [0.1, 0.15) is 36.5 Å². The highest BCUT2D eigenvalue weighted by Crippen LogP contribution is 2.33. The number of likely N-dealkylation sites (tertiary alicyclic amines) is 1. The van der Waals surface area contributed by atoms with E-state index in [0.29, 0.717) is 16.5 Å². The van der Waals surface area contributed by atoms with Gasteiger partial charge in [0.1, 0.15) is 11.3 Å². The average Bonchev–Trinajstić information content (AvgIpc) is 2.42. The number of amides is 1. The van der Waals surface area contributed by atoms with Gasteiger partial charge in [-0.1, -0.05) is 0 Å². The molecule has 2 rings (SSSR count). The van der Waals surface area contributed by atoms with E-state index in [-0.39, 0.29) is 11.3 Å². The van der Waals surface area contributed by atoms with Crippen LogP contribution in [0.3, 0.4) is 0 Å². The molecule has 1 heterocycles. The fourth-order valence-corrected chi connectivity index (χ4v) is 4.39. The van der Waals surface area contributed by atoms with E-state index in [4.69, 9.17) is 0 Å². The molecule has 0 spiro atoms. The first-order chi connectivity index (χ1) is 9.77. The van der Waals surface area contributed by atoms with Crippen molar-refractivity contribution in [2.24, 2.45) is 0 Å². The van der Waals surface area contributed by atoms with Gasteiger partial charge < -0.3 is 15.1 Å². The average molecular weight is 515 g/mol. The summed E-state index contributed by atoms with van der Waals surface area (Å²) >= 11 is 4.03. The molecule has 1 aromatic carbocycles. The van der Waals surface area contributed by atoms with Gasteiger partial charge in [-0.3, -0.25) is 4.79 Å². The molecule has 0 saturated carbocycles. The third kappa shape index (κ3) is 3.13. The van der Waals surface area contributed by atoms with Gasteiger partial charge in [-0.2, -0.15) is 0 Å². The molecule has 2 N–H and O–H groups in total. The summed E-state index contributed by atoms with van der Waals surface area (Å²) in [7, 11) is 0. The third-order valence-corrected chi connectivity index (χ3v) is 5.30. The van der Waals surface area contributed by atoms with E-state index in [0.717, 1.165) is 16.4 Å². The van der Waals surface area contributed by atoms with Gasteiger partial charge in [-0.25, -0.2) is 4.79 Å². The lowest BCUT2D eigenvalue weighted by Gasteiger charge is -2.41. The summed E-state index contributed by atoms with van der Waals surface area (Å²) in [4.78, 5) is 25.7. The van der Waals surface area contributed by atoms with Gasteiger partial charge in [0.25, 0.3) is 5.91 Å². The predicted octanol–water partition coefficient (Wildman–Crippen LogP) is 3.07. The second-order valence-electron chi connectivity index (χ2n) is 5.28. The highest BCUT2D eigenvalue weighted by molar-refractivity contribution is 14.1. The zero-order valence-electron chi connectivity index (χ0n) is 11.4. The minimum Gasteiger partial charge on any atom is -0.506 e. The van der Waals surface area contributed by atoms with E-state index in [9.17, 15) is 19.8 Å². The number of carboxylic acids is 1. The Morgan fingerprint density at radius 1 is 1.29 bits per heavy atom. The first-order valence-corrected chi connectivity index (χ1v) is 8.66. The Balaban J connectivity index is 2.45. The number of hydrogen-bond acceptors (Lipinski definition) is 3. The van der Waals surface area contributed by atoms with Crippen LogP contribution in [-0.4, -0.2) is 39.1 Å². The summed E-state index contributed by atoms with van der Waals surface area (Å²) in [6.45, 7) is 1.96. The number of rotatable bonds is 2. The Kier molecular flexibility index (Phi) is 5.01. The van der Waals surface area contributed by atoms with Crippen molar-refractivity contribution in [2.75, 3.05) is 6.54 Å². The minimum atomic E-state index is -1.21. The predicted molar refractivity (Wildman–Crippen MR) is 94.5 cm³/mol. The van der Waals surface area contributed by atoms with Crippen molar-refractivity contribution in [3.8, 4) is 5.75 Å². The first kappa shape index (κ1) is 16.8. The maximum Gasteiger partial charge on any atom is 0.329 e. The van der Waals surface area contributed by atoms with Gasteiger partial charge in [-0.15, -0.1) is 0 Å². The molecule has 1 fully saturated rings. The zero-order chi connectivity index (χ0) is 15.8. The van der Waals surface area contributed by atoms with Crippen LogP contribution >= 0.6 is 45.2 Å². The Labute approximate surface area is 150 Å². The number of halogens is 2. The molecule has 0 aliphatic carbocycles. The summed E-state index contributed by atoms with van der Waals surface area (Å²) in [5.41, 5.74) is -1.05. The number of carbonyl (C=O) groups excluding carboxylic acids is 1. The number of piperidine rings is 1. The molecule has 0 radical (unpaired) electrons. The highest BCUT2D eigenvalue weighted by atomic mass is 127. The van der Waals surface area contributed by atoms with E-state index < -0.39 is 17.4 Å². The van der Waals surface area contributed by atoms with Crippen LogP contribution in [-0.2, 0) is 4.79 Å². The van der Waals surface area contributed by atoms with Crippen molar-refractivity contribution in [1.29, 1.82) is 0 Å². The van der Waals surface area contributed by atoms with Gasteiger partial charge >= 0.3 is 5.97 Å². The van der Waals surface area contributed by atoms with Crippen LogP contribution in [0.5, 0.6) is 5.75 Å². The van der Waals surface area contributed by atoms with Crippen LogP contribution in [0.2, 0.25) is 0 Å². The standard InChI is InChI=1S/C14H15I2NO4/c1-14(13(20)21)4-2-3-5-17(14)12(19)9-6-8(15)7-10(16)11(9)18/h6-7,18H,2-5H2,1H3,(H,20,21). The van der Waals surface area contributed by atoms with E-state index >= 15 is 0 Å². The lowest BCUT2D eigenvalue weighted by molar-refractivity contribution is -0.150. The van der Waals surface area contributed by atoms with Gasteiger partial charge in [0.05, 0.1) is 9.13 Å². The fraction of sp³-hybridized carbons (Fsp3) is 0.429. The van der Waals surface area contributed by atoms with Crippen molar-refractivity contribution in [2.45, 2.75) is 31.7 Å². The molecule has 1 aliphatic heterocycles. The normalized spacial score (nSPS) is 22.1. The van der Waals surface area contributed by atoms with Crippen LogP contribution < -0.4 is 0 Å². The SMILES string of the molecule is CC1(C(=O)O)CCCCN1C(=O)c1cc(I)cc(I)c1O. The van der Waals surface area contributed by atoms with E-state index in [1.807, 2.05) is 22.6 Å². The number of carbonyl (C=O) groups is 2. The Hall–Kier alpha value is -0.580. The van der Waals surface area contributed by atoms with Gasteiger partial charge in [-0.05, 0) is 83.5 Å². The molecule has 0 bridgehead atoms. The van der Waals surface area contributed by atoms with E-state index in [1.54, 1.807) is 19.1 Å². The smallest absolute Gasteiger partial charge is 0.329 e. The quantitative estimate of drug-likeness (QED) is 0.595. The molecule has 1 unspecified atom stereocenters. The molecule has 1 saturated heterocycles. The molecular formula is C14H15I2NO4. The number of phenolic OH excluding ortho intramolecular Hbond substituents is 1. The second kappa shape index (κ2) is 6.27. The van der Waals surface area contributed by atoms with Crippen molar-refractivity contribution >= 4 is 57.1 Å². The van der Waals surface area contributed by atoms with Crippen molar-refractivity contribution in [1.82, 2.24) is 4.90 Å². The lowest BCUT2D eigenvalue weighted by Crippen LogP contribution is -2.57. The minimum absolute atomic E-state index is 0.0840. The molecule has 0 aromatic heterocycles. The summed E-state index contributed by atoms with van der Waals surface area (Å²) in [6, 6.07) is 3.36. The Morgan fingerprint density at radius 3 is 2.57 bits per heavy atom. The van der Waals surface area contributed by atoms with Crippen LogP contribution in [0, 0.1) is 7.14 Å². The van der Waals surface area contributed by atoms with Gasteiger partial charge in [0, 0.05) is 10.1 Å². The molecule has 5 nitrogen and oxygen atoms in total. The largest absolute Gasteiger partial charge is 0.506 e. The second-order valence-corrected chi connectivity index (χ2v) is 7.68. The number of phenols is 1. The first-order valence-electron chi connectivity index (χ1n) is 6.51. The fourth-order valence-electron chi connectivity index (χ4n) is 2.54. The number of aromatic hydroxyl groups is 1. The van der Waals surface area contributed by atoms with Gasteiger partial charge in [0.2, 0.25) is 0 Å². The molecule has 1 amide bonds. The molecule has 1 aromatic rings. The third-order valence-electron chi connectivity index (χ3n) is 3.86. The maximum absolute atomic E-state index is 12.7. The monoisotopic (exact) mass is 515 g/mol. The summed E-state index contributed by atoms with van der Waals surface area (Å²) in [6.07, 6.45) is 1.98. The topological polar surface area (TPSA) is 77.8 Å². The Morgan fingerprint density at radius 2 is 1.95 bits per heavy atom. The number of aliphatic carboxylic acids is 1. The summed E-state index contributed by atoms with van der Waals surface area (Å²) < 4.78 is 1.41. The van der Waals surface area contributed by atoms with Crippen molar-refractivity contribution in [3.05, 3.63) is 24.8 Å². The van der Waals surface area contributed by atoms with E-state index in [1.165, 1.54) is 4.90 Å². The molecule has 21 heavy (non-hydrogen) atoms. The number of nitrogens with zero attached hydrogens (tertiary/aromatic N) is 1. The molecular weight excluding hydrogens is 500 g/mol. The number of carboxylic acid groups (broad SMARTS) is 1. The molecule has 114 valence electrons. The summed E-state index contributed by atoms with van der Waals surface area (Å²) in [5.74, 6) is -1.51. The van der Waals surface area contributed by atoms with Crippen LogP contribution in [0.4, 0.5) is 0 Å². The lowest BCUT2D eigenvalue weighted by atomic mass is 9.87. The zero-order valence-corrected chi connectivity index (χ0v) is 15.7. The maximum atomic E-state index is 12.7.